The Hall–Kier alpha value is -0.440. The third-order valence-corrected chi connectivity index (χ3v) is 3.07. The molecular formula is C12H20F2O. The fourth-order valence-corrected chi connectivity index (χ4v) is 1.55. The lowest BCUT2D eigenvalue weighted by molar-refractivity contribution is 0.00583. The van der Waals surface area contributed by atoms with E-state index >= 15 is 0 Å². The number of hydrogen-bond acceptors (Lipinski definition) is 1. The molecule has 1 aliphatic carbocycles. The van der Waals surface area contributed by atoms with E-state index in [1.54, 1.807) is 13.2 Å². The van der Waals surface area contributed by atoms with Crippen LogP contribution in [0.1, 0.15) is 33.1 Å². The number of halogens is 2. The van der Waals surface area contributed by atoms with Crippen LogP contribution in [0, 0.1) is 11.3 Å². The molecule has 0 aromatic heterocycles. The average molecular weight is 218 g/mol. The summed E-state index contributed by atoms with van der Waals surface area (Å²) in [6.07, 6.45) is 5.57. The van der Waals surface area contributed by atoms with E-state index in [0.29, 0.717) is 13.0 Å². The van der Waals surface area contributed by atoms with E-state index in [2.05, 4.69) is 0 Å². The van der Waals surface area contributed by atoms with Crippen LogP contribution in [0.4, 0.5) is 8.78 Å². The van der Waals surface area contributed by atoms with E-state index in [1.165, 1.54) is 13.8 Å². The summed E-state index contributed by atoms with van der Waals surface area (Å²) < 4.78 is 31.5. The van der Waals surface area contributed by atoms with Gasteiger partial charge in [0.25, 0.3) is 5.92 Å². The van der Waals surface area contributed by atoms with Crippen molar-refractivity contribution in [1.82, 2.24) is 0 Å². The molecule has 0 N–H and O–H groups in total. The highest BCUT2D eigenvalue weighted by molar-refractivity contribution is 5.04. The van der Waals surface area contributed by atoms with Crippen molar-refractivity contribution in [2.24, 2.45) is 11.3 Å². The third kappa shape index (κ3) is 3.56. The van der Waals surface area contributed by atoms with Gasteiger partial charge in [0.15, 0.2) is 0 Å². The van der Waals surface area contributed by atoms with Crippen molar-refractivity contribution in [3.8, 4) is 0 Å². The highest BCUT2D eigenvalue weighted by Gasteiger charge is 2.41. The average Bonchev–Trinajstić information content (AvgIpc) is 2.85. The molecule has 3 heteroatoms. The Morgan fingerprint density at radius 3 is 2.40 bits per heavy atom. The Morgan fingerprint density at radius 1 is 1.40 bits per heavy atom. The lowest BCUT2D eigenvalue weighted by atomic mass is 10.0. The van der Waals surface area contributed by atoms with Crippen molar-refractivity contribution in [3.63, 3.8) is 0 Å². The van der Waals surface area contributed by atoms with Gasteiger partial charge in [-0.05, 0) is 30.8 Å². The highest BCUT2D eigenvalue weighted by Crippen LogP contribution is 2.49. The number of alkyl halides is 2. The second kappa shape index (κ2) is 4.60. The molecule has 1 fully saturated rings. The second-order valence-corrected chi connectivity index (χ2v) is 4.87. The summed E-state index contributed by atoms with van der Waals surface area (Å²) in [6.45, 7) is 3.75. The monoisotopic (exact) mass is 218 g/mol. The van der Waals surface area contributed by atoms with Crippen molar-refractivity contribution in [3.05, 3.63) is 12.2 Å². The fourth-order valence-electron chi connectivity index (χ4n) is 1.55. The van der Waals surface area contributed by atoms with Gasteiger partial charge >= 0.3 is 0 Å². The molecule has 0 aromatic rings. The normalized spacial score (nSPS) is 20.1. The molecule has 1 aliphatic rings. The van der Waals surface area contributed by atoms with Crippen molar-refractivity contribution >= 4 is 0 Å². The summed E-state index contributed by atoms with van der Waals surface area (Å²) in [5, 5.41) is 0. The van der Waals surface area contributed by atoms with E-state index in [9.17, 15) is 8.78 Å². The van der Waals surface area contributed by atoms with Gasteiger partial charge < -0.3 is 4.74 Å². The van der Waals surface area contributed by atoms with Gasteiger partial charge in [-0.3, -0.25) is 0 Å². The quantitative estimate of drug-likeness (QED) is 0.618. The van der Waals surface area contributed by atoms with E-state index in [4.69, 9.17) is 4.74 Å². The van der Waals surface area contributed by atoms with Gasteiger partial charge in [0, 0.05) is 13.0 Å². The predicted molar refractivity (Wildman–Crippen MR) is 57.1 cm³/mol. The molecular weight excluding hydrogens is 198 g/mol. The Balaban J connectivity index is 2.39. The van der Waals surface area contributed by atoms with Crippen molar-refractivity contribution in [2.75, 3.05) is 13.7 Å². The van der Waals surface area contributed by atoms with Crippen LogP contribution >= 0.6 is 0 Å². The van der Waals surface area contributed by atoms with E-state index in [-0.39, 0.29) is 5.41 Å². The van der Waals surface area contributed by atoms with Gasteiger partial charge in [-0.25, -0.2) is 8.78 Å². The number of ether oxygens (including phenoxy) is 1. The summed E-state index contributed by atoms with van der Waals surface area (Å²) in [7, 11) is 1.66. The van der Waals surface area contributed by atoms with Crippen molar-refractivity contribution < 1.29 is 13.5 Å². The molecule has 0 saturated heterocycles. The SMILES string of the molecule is COCC1(CC=CC(F)(F)C(C)C)CC1. The Labute approximate surface area is 90.5 Å². The molecule has 0 aliphatic heterocycles. The van der Waals surface area contributed by atoms with E-state index in [0.717, 1.165) is 18.9 Å². The van der Waals surface area contributed by atoms with Crippen LogP contribution in [0.2, 0.25) is 0 Å². The molecule has 0 heterocycles. The molecule has 1 saturated carbocycles. The molecule has 15 heavy (non-hydrogen) atoms. The first-order chi connectivity index (χ1) is 6.92. The van der Waals surface area contributed by atoms with Gasteiger partial charge in [0.2, 0.25) is 0 Å². The van der Waals surface area contributed by atoms with E-state index < -0.39 is 11.8 Å². The Kier molecular flexibility index (Phi) is 3.87. The van der Waals surface area contributed by atoms with Crippen LogP contribution in [-0.2, 0) is 4.74 Å². The largest absolute Gasteiger partial charge is 0.384 e. The summed E-state index contributed by atoms with van der Waals surface area (Å²) in [4.78, 5) is 0. The summed E-state index contributed by atoms with van der Waals surface area (Å²) in [5.41, 5.74) is 0.165. The number of rotatable bonds is 6. The lowest BCUT2D eigenvalue weighted by Gasteiger charge is -2.16. The first kappa shape index (κ1) is 12.6. The van der Waals surface area contributed by atoms with Gasteiger partial charge in [-0.15, -0.1) is 0 Å². The molecule has 0 spiro atoms. The van der Waals surface area contributed by atoms with Gasteiger partial charge in [-0.2, -0.15) is 0 Å². The third-order valence-electron chi connectivity index (χ3n) is 3.07. The minimum absolute atomic E-state index is 0.165. The first-order valence-electron chi connectivity index (χ1n) is 5.46. The van der Waals surface area contributed by atoms with Crippen LogP contribution < -0.4 is 0 Å². The highest BCUT2D eigenvalue weighted by atomic mass is 19.3. The molecule has 0 bridgehead atoms. The predicted octanol–water partition coefficient (Wildman–Crippen LogP) is 3.65. The minimum Gasteiger partial charge on any atom is -0.384 e. The van der Waals surface area contributed by atoms with Crippen LogP contribution in [0.3, 0.4) is 0 Å². The molecule has 0 atom stereocenters. The van der Waals surface area contributed by atoms with Crippen LogP contribution in [-0.4, -0.2) is 19.6 Å². The maximum atomic E-state index is 13.2. The molecule has 0 aromatic carbocycles. The van der Waals surface area contributed by atoms with Gasteiger partial charge in [0.1, 0.15) is 0 Å². The molecule has 1 rings (SSSR count). The molecule has 0 unspecified atom stereocenters. The smallest absolute Gasteiger partial charge is 0.268 e. The Morgan fingerprint density at radius 2 is 2.00 bits per heavy atom. The van der Waals surface area contributed by atoms with Gasteiger partial charge in [-0.1, -0.05) is 19.9 Å². The molecule has 0 radical (unpaired) electrons. The summed E-state index contributed by atoms with van der Waals surface area (Å²) >= 11 is 0. The fraction of sp³-hybridized carbons (Fsp3) is 0.833. The number of methoxy groups -OCH3 is 1. The standard InChI is InChI=1S/C12H20F2O/c1-10(2)12(13,14)6-4-5-11(7-8-11)9-15-3/h4,6,10H,5,7-9H2,1-3H3. The van der Waals surface area contributed by atoms with Gasteiger partial charge in [0.05, 0.1) is 6.61 Å². The zero-order chi connectivity index (χ0) is 11.5. The summed E-state index contributed by atoms with van der Waals surface area (Å²) in [6, 6.07) is 0. The zero-order valence-electron chi connectivity index (χ0n) is 9.72. The number of allylic oxidation sites excluding steroid dienone is 2. The van der Waals surface area contributed by atoms with Crippen molar-refractivity contribution in [1.29, 1.82) is 0 Å². The maximum absolute atomic E-state index is 13.2. The van der Waals surface area contributed by atoms with Crippen LogP contribution in [0.25, 0.3) is 0 Å². The zero-order valence-corrected chi connectivity index (χ0v) is 9.72. The van der Waals surface area contributed by atoms with Crippen molar-refractivity contribution in [2.45, 2.75) is 39.0 Å². The minimum atomic E-state index is -2.68. The molecule has 88 valence electrons. The summed E-state index contributed by atoms with van der Waals surface area (Å²) in [5.74, 6) is -3.31. The topological polar surface area (TPSA) is 9.23 Å². The molecule has 1 nitrogen and oxygen atoms in total. The van der Waals surface area contributed by atoms with Crippen LogP contribution in [0.5, 0.6) is 0 Å². The molecule has 0 amide bonds. The van der Waals surface area contributed by atoms with Crippen LogP contribution in [0.15, 0.2) is 12.2 Å². The Bertz CT molecular complexity index is 230. The van der Waals surface area contributed by atoms with E-state index in [1.807, 2.05) is 0 Å². The lowest BCUT2D eigenvalue weighted by Crippen LogP contribution is -2.20. The number of hydrogen-bond donors (Lipinski definition) is 0. The maximum Gasteiger partial charge on any atom is 0.268 e. The second-order valence-electron chi connectivity index (χ2n) is 4.87. The first-order valence-corrected chi connectivity index (χ1v) is 5.46.